The van der Waals surface area contributed by atoms with E-state index < -0.39 is 8.80 Å². The van der Waals surface area contributed by atoms with Gasteiger partial charge in [0.25, 0.3) is 0 Å². The lowest BCUT2D eigenvalue weighted by atomic mass is 10.1. The normalized spacial score (nSPS) is 12.4. The fraction of sp³-hybridized carbons (Fsp3) is 1.00. The van der Waals surface area contributed by atoms with Gasteiger partial charge in [0.2, 0.25) is 0 Å². The van der Waals surface area contributed by atoms with Gasteiger partial charge in [-0.1, -0.05) is 26.7 Å². The van der Waals surface area contributed by atoms with Crippen molar-refractivity contribution in [1.29, 1.82) is 0 Å². The predicted octanol–water partition coefficient (Wildman–Crippen LogP) is 3.47. The summed E-state index contributed by atoms with van der Waals surface area (Å²) < 4.78 is 17.5. The van der Waals surface area contributed by atoms with Crippen molar-refractivity contribution in [3.8, 4) is 0 Å². The van der Waals surface area contributed by atoms with Gasteiger partial charge in [0.05, 0.1) is 0 Å². The maximum Gasteiger partial charge on any atom is 0.501 e. The molecular formula is C12H28O3Si. The molecule has 0 fully saturated rings. The van der Waals surface area contributed by atoms with Crippen LogP contribution < -0.4 is 0 Å². The Kier molecular flexibility index (Phi) is 9.22. The zero-order chi connectivity index (χ0) is 12.4. The molecule has 0 rings (SSSR count). The zero-order valence-electron chi connectivity index (χ0n) is 11.5. The highest BCUT2D eigenvalue weighted by Crippen LogP contribution is 2.25. The average Bonchev–Trinajstić information content (AvgIpc) is 2.27. The summed E-state index contributed by atoms with van der Waals surface area (Å²) in [7, 11) is -2.40. The van der Waals surface area contributed by atoms with Gasteiger partial charge in [-0.3, -0.25) is 0 Å². The molecule has 3 nitrogen and oxygen atoms in total. The summed E-state index contributed by atoms with van der Waals surface area (Å²) in [5.41, 5.74) is 0. The monoisotopic (exact) mass is 248 g/mol. The van der Waals surface area contributed by atoms with Crippen molar-refractivity contribution in [3.63, 3.8) is 0 Å². The van der Waals surface area contributed by atoms with Crippen LogP contribution >= 0.6 is 0 Å². The van der Waals surface area contributed by atoms with E-state index in [4.69, 9.17) is 13.3 Å². The highest BCUT2D eigenvalue weighted by Gasteiger charge is 2.41. The van der Waals surface area contributed by atoms with Gasteiger partial charge in [0, 0.05) is 25.9 Å². The second kappa shape index (κ2) is 9.16. The van der Waals surface area contributed by atoms with Gasteiger partial charge in [-0.15, -0.1) is 0 Å². The molecular weight excluding hydrogens is 220 g/mol. The molecule has 0 aromatic carbocycles. The van der Waals surface area contributed by atoms with Crippen molar-refractivity contribution >= 4 is 8.80 Å². The second-order valence-electron chi connectivity index (χ2n) is 3.87. The number of hydrogen-bond donors (Lipinski definition) is 0. The summed E-state index contributed by atoms with van der Waals surface area (Å²) in [6.07, 6.45) is 2.33. The molecule has 0 N–H and O–H groups in total. The summed E-state index contributed by atoms with van der Waals surface area (Å²) in [4.78, 5) is 0. The van der Waals surface area contributed by atoms with Gasteiger partial charge in [-0.2, -0.15) is 0 Å². The molecule has 0 heterocycles. The first-order valence-electron chi connectivity index (χ1n) is 6.59. The van der Waals surface area contributed by atoms with E-state index in [1.54, 1.807) is 0 Å². The molecule has 0 atom stereocenters. The second-order valence-corrected chi connectivity index (χ2v) is 6.51. The van der Waals surface area contributed by atoms with Gasteiger partial charge in [0.15, 0.2) is 0 Å². The van der Waals surface area contributed by atoms with Crippen molar-refractivity contribution in [2.45, 2.75) is 53.5 Å². The Bertz CT molecular complexity index is 143. The highest BCUT2D eigenvalue weighted by atomic mass is 28.4. The molecule has 0 bridgehead atoms. The van der Waals surface area contributed by atoms with Gasteiger partial charge in [0.1, 0.15) is 0 Å². The summed E-state index contributed by atoms with van der Waals surface area (Å²) in [6.45, 7) is 12.5. The van der Waals surface area contributed by atoms with Crippen LogP contribution in [-0.4, -0.2) is 28.6 Å². The van der Waals surface area contributed by atoms with E-state index in [2.05, 4.69) is 13.8 Å². The third-order valence-electron chi connectivity index (χ3n) is 2.79. The Morgan fingerprint density at radius 1 is 0.750 bits per heavy atom. The van der Waals surface area contributed by atoms with Crippen LogP contribution in [0.4, 0.5) is 0 Å². The van der Waals surface area contributed by atoms with Crippen LogP contribution in [-0.2, 0) is 13.3 Å². The van der Waals surface area contributed by atoms with E-state index in [-0.39, 0.29) is 0 Å². The molecule has 98 valence electrons. The Hall–Kier alpha value is 0.0969. The fourth-order valence-corrected chi connectivity index (χ4v) is 5.10. The molecule has 0 unspecified atom stereocenters. The maximum absolute atomic E-state index is 5.84. The van der Waals surface area contributed by atoms with E-state index in [0.717, 1.165) is 6.04 Å². The highest BCUT2D eigenvalue weighted by molar-refractivity contribution is 6.60. The predicted molar refractivity (Wildman–Crippen MR) is 69.5 cm³/mol. The van der Waals surface area contributed by atoms with Crippen LogP contribution in [0.1, 0.15) is 47.5 Å². The zero-order valence-corrected chi connectivity index (χ0v) is 12.5. The van der Waals surface area contributed by atoms with E-state index in [0.29, 0.717) is 25.7 Å². The van der Waals surface area contributed by atoms with Gasteiger partial charge in [-0.05, 0) is 26.7 Å². The average molecular weight is 248 g/mol. The van der Waals surface area contributed by atoms with Crippen molar-refractivity contribution < 1.29 is 13.3 Å². The number of hydrogen-bond acceptors (Lipinski definition) is 3. The topological polar surface area (TPSA) is 27.7 Å². The molecule has 0 aromatic rings. The van der Waals surface area contributed by atoms with Gasteiger partial charge < -0.3 is 13.3 Å². The molecule has 0 saturated carbocycles. The third-order valence-corrected chi connectivity index (χ3v) is 6.05. The molecule has 0 amide bonds. The molecule has 0 aromatic heterocycles. The Morgan fingerprint density at radius 2 is 1.12 bits per heavy atom. The van der Waals surface area contributed by atoms with Gasteiger partial charge in [-0.25, -0.2) is 0 Å². The third kappa shape index (κ3) is 5.43. The van der Waals surface area contributed by atoms with Crippen LogP contribution in [0.5, 0.6) is 0 Å². The minimum Gasteiger partial charge on any atom is -0.374 e. The quantitative estimate of drug-likeness (QED) is 0.554. The largest absolute Gasteiger partial charge is 0.501 e. The van der Waals surface area contributed by atoms with E-state index in [9.17, 15) is 0 Å². The van der Waals surface area contributed by atoms with Crippen LogP contribution in [0.3, 0.4) is 0 Å². The maximum atomic E-state index is 5.84. The minimum atomic E-state index is -2.40. The van der Waals surface area contributed by atoms with Crippen molar-refractivity contribution in [1.82, 2.24) is 0 Å². The minimum absolute atomic E-state index is 0.649. The number of rotatable bonds is 10. The SMILES string of the molecule is CCO[Si](CC(CC)CC)(OCC)OCC. The molecule has 0 aliphatic carbocycles. The van der Waals surface area contributed by atoms with Crippen LogP contribution in [0, 0.1) is 5.92 Å². The lowest BCUT2D eigenvalue weighted by Gasteiger charge is -2.31. The van der Waals surface area contributed by atoms with E-state index in [1.807, 2.05) is 20.8 Å². The fourth-order valence-electron chi connectivity index (χ4n) is 1.89. The van der Waals surface area contributed by atoms with Crippen molar-refractivity contribution in [2.24, 2.45) is 5.92 Å². The molecule has 16 heavy (non-hydrogen) atoms. The Morgan fingerprint density at radius 3 is 1.38 bits per heavy atom. The Balaban J connectivity index is 4.56. The van der Waals surface area contributed by atoms with E-state index >= 15 is 0 Å². The summed E-state index contributed by atoms with van der Waals surface area (Å²) in [5, 5.41) is 0. The molecule has 4 heteroatoms. The lowest BCUT2D eigenvalue weighted by Crippen LogP contribution is -2.47. The Labute approximate surface area is 102 Å². The van der Waals surface area contributed by atoms with Crippen LogP contribution in [0.25, 0.3) is 0 Å². The smallest absolute Gasteiger partial charge is 0.374 e. The first kappa shape index (κ1) is 16.1. The molecule has 0 spiro atoms. The lowest BCUT2D eigenvalue weighted by molar-refractivity contribution is 0.0666. The van der Waals surface area contributed by atoms with Gasteiger partial charge >= 0.3 is 8.80 Å². The summed E-state index contributed by atoms with van der Waals surface area (Å²) in [5.74, 6) is 0.649. The molecule has 0 saturated heterocycles. The molecule has 0 aliphatic heterocycles. The first-order chi connectivity index (χ1) is 7.67. The molecule has 0 radical (unpaired) electrons. The summed E-state index contributed by atoms with van der Waals surface area (Å²) in [6, 6.07) is 0.954. The van der Waals surface area contributed by atoms with E-state index in [1.165, 1.54) is 12.8 Å². The molecule has 0 aliphatic rings. The van der Waals surface area contributed by atoms with Crippen LogP contribution in [0.15, 0.2) is 0 Å². The van der Waals surface area contributed by atoms with Crippen molar-refractivity contribution in [3.05, 3.63) is 0 Å². The standard InChI is InChI=1S/C12H28O3Si/c1-6-12(7-2)11-16(13-8-3,14-9-4)15-10-5/h12H,6-11H2,1-5H3. The van der Waals surface area contributed by atoms with Crippen molar-refractivity contribution in [2.75, 3.05) is 19.8 Å². The van der Waals surface area contributed by atoms with Crippen LogP contribution in [0.2, 0.25) is 6.04 Å². The summed E-state index contributed by atoms with van der Waals surface area (Å²) >= 11 is 0. The first-order valence-corrected chi connectivity index (χ1v) is 8.52.